The standard InChI is InChI=1S/C11H22N2/c1-9-6-10(9)8-13-5-3-2-4-11(13)7-12/h9-11H,2-8,12H2,1H3. The van der Waals surface area contributed by atoms with Crippen LogP contribution in [-0.4, -0.2) is 30.6 Å². The molecule has 0 spiro atoms. The van der Waals surface area contributed by atoms with Crippen LogP contribution in [-0.2, 0) is 0 Å². The lowest BCUT2D eigenvalue weighted by molar-refractivity contribution is 0.144. The lowest BCUT2D eigenvalue weighted by Gasteiger charge is -2.35. The average Bonchev–Trinajstić information content (AvgIpc) is 2.83. The Kier molecular flexibility index (Phi) is 2.89. The van der Waals surface area contributed by atoms with Gasteiger partial charge in [-0.3, -0.25) is 4.90 Å². The Morgan fingerprint density at radius 3 is 2.77 bits per heavy atom. The minimum atomic E-state index is 0.696. The number of rotatable bonds is 3. The highest BCUT2D eigenvalue weighted by atomic mass is 15.2. The van der Waals surface area contributed by atoms with Gasteiger partial charge in [-0.05, 0) is 37.6 Å². The van der Waals surface area contributed by atoms with E-state index in [4.69, 9.17) is 5.73 Å². The number of nitrogens with zero attached hydrogens (tertiary/aromatic N) is 1. The Morgan fingerprint density at radius 1 is 1.38 bits per heavy atom. The largest absolute Gasteiger partial charge is 0.329 e. The van der Waals surface area contributed by atoms with E-state index in [0.717, 1.165) is 18.4 Å². The predicted molar refractivity (Wildman–Crippen MR) is 55.5 cm³/mol. The van der Waals surface area contributed by atoms with Crippen molar-refractivity contribution in [3.05, 3.63) is 0 Å². The highest BCUT2D eigenvalue weighted by Gasteiger charge is 2.35. The van der Waals surface area contributed by atoms with E-state index in [9.17, 15) is 0 Å². The van der Waals surface area contributed by atoms with E-state index in [1.807, 2.05) is 0 Å². The van der Waals surface area contributed by atoms with Crippen LogP contribution in [0, 0.1) is 11.8 Å². The third-order valence-electron chi connectivity index (χ3n) is 3.77. The Morgan fingerprint density at radius 2 is 2.15 bits per heavy atom. The summed E-state index contributed by atoms with van der Waals surface area (Å²) in [6, 6.07) is 0.696. The predicted octanol–water partition coefficient (Wildman–Crippen LogP) is 1.46. The summed E-state index contributed by atoms with van der Waals surface area (Å²) in [7, 11) is 0. The smallest absolute Gasteiger partial charge is 0.0218 e. The monoisotopic (exact) mass is 182 g/mol. The molecule has 0 aromatic rings. The average molecular weight is 182 g/mol. The molecule has 2 nitrogen and oxygen atoms in total. The molecule has 0 radical (unpaired) electrons. The first-order valence-electron chi connectivity index (χ1n) is 5.75. The zero-order valence-corrected chi connectivity index (χ0v) is 8.71. The van der Waals surface area contributed by atoms with Crippen LogP contribution in [0.2, 0.25) is 0 Å². The van der Waals surface area contributed by atoms with Crippen molar-refractivity contribution in [2.45, 2.75) is 38.6 Å². The van der Waals surface area contributed by atoms with Crippen molar-refractivity contribution in [1.82, 2.24) is 4.90 Å². The Labute approximate surface area is 81.5 Å². The van der Waals surface area contributed by atoms with E-state index in [1.54, 1.807) is 0 Å². The molecule has 2 heteroatoms. The molecule has 0 aromatic carbocycles. The fourth-order valence-electron chi connectivity index (χ4n) is 2.52. The Bertz CT molecular complexity index is 169. The second-order valence-corrected chi connectivity index (χ2v) is 4.85. The maximum atomic E-state index is 5.78. The number of hydrogen-bond acceptors (Lipinski definition) is 2. The molecule has 0 bridgehead atoms. The van der Waals surface area contributed by atoms with Gasteiger partial charge in [-0.25, -0.2) is 0 Å². The van der Waals surface area contributed by atoms with Crippen molar-refractivity contribution in [1.29, 1.82) is 0 Å². The summed E-state index contributed by atoms with van der Waals surface area (Å²) in [5.41, 5.74) is 5.78. The Hall–Kier alpha value is -0.0800. The molecule has 76 valence electrons. The molecule has 1 heterocycles. The van der Waals surface area contributed by atoms with E-state index in [2.05, 4.69) is 11.8 Å². The van der Waals surface area contributed by atoms with Gasteiger partial charge in [0.15, 0.2) is 0 Å². The van der Waals surface area contributed by atoms with E-state index in [-0.39, 0.29) is 0 Å². The molecule has 1 saturated heterocycles. The molecular formula is C11H22N2. The summed E-state index contributed by atoms with van der Waals surface area (Å²) in [5, 5.41) is 0. The van der Waals surface area contributed by atoms with Crippen LogP contribution < -0.4 is 5.73 Å². The molecule has 3 unspecified atom stereocenters. The van der Waals surface area contributed by atoms with Crippen LogP contribution >= 0.6 is 0 Å². The summed E-state index contributed by atoms with van der Waals surface area (Å²) in [5.74, 6) is 1.98. The fourth-order valence-corrected chi connectivity index (χ4v) is 2.52. The van der Waals surface area contributed by atoms with Gasteiger partial charge < -0.3 is 5.73 Å². The van der Waals surface area contributed by atoms with Crippen LogP contribution in [0.3, 0.4) is 0 Å². The molecule has 2 fully saturated rings. The van der Waals surface area contributed by atoms with Gasteiger partial charge >= 0.3 is 0 Å². The molecule has 2 N–H and O–H groups in total. The lowest BCUT2D eigenvalue weighted by Crippen LogP contribution is -2.45. The summed E-state index contributed by atoms with van der Waals surface area (Å²) >= 11 is 0. The van der Waals surface area contributed by atoms with Crippen LogP contribution in [0.25, 0.3) is 0 Å². The molecule has 1 aliphatic heterocycles. The topological polar surface area (TPSA) is 29.3 Å². The second kappa shape index (κ2) is 3.97. The van der Waals surface area contributed by atoms with Gasteiger partial charge in [0.05, 0.1) is 0 Å². The molecular weight excluding hydrogens is 160 g/mol. The minimum Gasteiger partial charge on any atom is -0.329 e. The van der Waals surface area contributed by atoms with E-state index < -0.39 is 0 Å². The van der Waals surface area contributed by atoms with Crippen molar-refractivity contribution in [2.24, 2.45) is 17.6 Å². The van der Waals surface area contributed by atoms with Gasteiger partial charge in [-0.1, -0.05) is 13.3 Å². The zero-order valence-electron chi connectivity index (χ0n) is 8.71. The van der Waals surface area contributed by atoms with Gasteiger partial charge in [0.25, 0.3) is 0 Å². The first-order valence-corrected chi connectivity index (χ1v) is 5.75. The van der Waals surface area contributed by atoms with Crippen LogP contribution in [0.15, 0.2) is 0 Å². The molecule has 3 atom stereocenters. The minimum absolute atomic E-state index is 0.696. The fraction of sp³-hybridized carbons (Fsp3) is 1.00. The van der Waals surface area contributed by atoms with E-state index in [0.29, 0.717) is 6.04 Å². The SMILES string of the molecule is CC1CC1CN1CCCCC1CN. The first-order chi connectivity index (χ1) is 6.31. The highest BCUT2D eigenvalue weighted by Crippen LogP contribution is 2.39. The maximum Gasteiger partial charge on any atom is 0.0218 e. The normalized spacial score (nSPS) is 40.6. The van der Waals surface area contributed by atoms with Gasteiger partial charge in [0.1, 0.15) is 0 Å². The summed E-state index contributed by atoms with van der Waals surface area (Å²) in [4.78, 5) is 2.64. The third-order valence-corrected chi connectivity index (χ3v) is 3.77. The number of hydrogen-bond donors (Lipinski definition) is 1. The molecule has 0 amide bonds. The summed E-state index contributed by atoms with van der Waals surface area (Å²) in [6.45, 7) is 5.85. The van der Waals surface area contributed by atoms with E-state index in [1.165, 1.54) is 38.8 Å². The molecule has 13 heavy (non-hydrogen) atoms. The summed E-state index contributed by atoms with van der Waals surface area (Å²) < 4.78 is 0. The summed E-state index contributed by atoms with van der Waals surface area (Å²) in [6.07, 6.45) is 5.56. The molecule has 2 aliphatic rings. The van der Waals surface area contributed by atoms with Crippen molar-refractivity contribution in [3.8, 4) is 0 Å². The molecule has 1 aliphatic carbocycles. The molecule has 0 aromatic heterocycles. The van der Waals surface area contributed by atoms with Crippen LogP contribution in [0.1, 0.15) is 32.6 Å². The van der Waals surface area contributed by atoms with Gasteiger partial charge in [0.2, 0.25) is 0 Å². The lowest BCUT2D eigenvalue weighted by atomic mass is 10.0. The van der Waals surface area contributed by atoms with Crippen LogP contribution in [0.5, 0.6) is 0 Å². The molecule has 2 rings (SSSR count). The van der Waals surface area contributed by atoms with E-state index >= 15 is 0 Å². The van der Waals surface area contributed by atoms with Crippen molar-refractivity contribution in [2.75, 3.05) is 19.6 Å². The maximum absolute atomic E-state index is 5.78. The quantitative estimate of drug-likeness (QED) is 0.716. The number of likely N-dealkylation sites (tertiary alicyclic amines) is 1. The van der Waals surface area contributed by atoms with Crippen molar-refractivity contribution < 1.29 is 0 Å². The highest BCUT2D eigenvalue weighted by molar-refractivity contribution is 4.88. The third kappa shape index (κ3) is 2.23. The van der Waals surface area contributed by atoms with Crippen molar-refractivity contribution in [3.63, 3.8) is 0 Å². The Balaban J connectivity index is 1.80. The van der Waals surface area contributed by atoms with Gasteiger partial charge in [-0.15, -0.1) is 0 Å². The first kappa shape index (κ1) is 9.47. The molecule has 1 saturated carbocycles. The van der Waals surface area contributed by atoms with Crippen molar-refractivity contribution >= 4 is 0 Å². The zero-order chi connectivity index (χ0) is 9.26. The van der Waals surface area contributed by atoms with Crippen LogP contribution in [0.4, 0.5) is 0 Å². The number of nitrogens with two attached hydrogens (primary N) is 1. The van der Waals surface area contributed by atoms with Gasteiger partial charge in [0, 0.05) is 19.1 Å². The second-order valence-electron chi connectivity index (χ2n) is 4.85. The van der Waals surface area contributed by atoms with Gasteiger partial charge in [-0.2, -0.15) is 0 Å². The number of piperidine rings is 1.